The summed E-state index contributed by atoms with van der Waals surface area (Å²) in [5, 5.41) is 6.19. The predicted octanol–water partition coefficient (Wildman–Crippen LogP) is 2.10. The maximum absolute atomic E-state index is 12.4. The zero-order chi connectivity index (χ0) is 11.6. The summed E-state index contributed by atoms with van der Waals surface area (Å²) in [6.45, 7) is 0.793. The molecule has 0 unspecified atom stereocenters. The highest BCUT2D eigenvalue weighted by molar-refractivity contribution is 7.14. The van der Waals surface area contributed by atoms with Crippen LogP contribution in [0.15, 0.2) is 17.5 Å². The minimum Gasteiger partial charge on any atom is -0.319 e. The van der Waals surface area contributed by atoms with Crippen molar-refractivity contribution in [3.05, 3.63) is 17.5 Å². The second kappa shape index (κ2) is 4.55. The summed E-state index contributed by atoms with van der Waals surface area (Å²) in [6, 6.07) is 3.98. The third-order valence-electron chi connectivity index (χ3n) is 3.42. The van der Waals surface area contributed by atoms with Crippen LogP contribution in [-0.4, -0.2) is 26.5 Å². The Morgan fingerprint density at radius 3 is 2.81 bits per heavy atom. The van der Waals surface area contributed by atoms with Crippen LogP contribution >= 0.6 is 11.3 Å². The Morgan fingerprint density at radius 2 is 2.38 bits per heavy atom. The molecular weight excluding hydrogens is 220 g/mol. The fraction of sp³-hybridized carbons (Fsp3) is 0.583. The van der Waals surface area contributed by atoms with E-state index in [1.165, 1.54) is 6.42 Å². The average Bonchev–Trinajstić information content (AvgIpc) is 2.74. The van der Waals surface area contributed by atoms with Crippen LogP contribution in [0.1, 0.15) is 19.3 Å². The SMILES string of the molecule is CNCC1(C(=O)N(C)c2cccs2)CCC1. The van der Waals surface area contributed by atoms with Gasteiger partial charge in [0.05, 0.1) is 10.4 Å². The summed E-state index contributed by atoms with van der Waals surface area (Å²) in [6.07, 6.45) is 3.20. The molecule has 1 aromatic rings. The first-order valence-corrected chi connectivity index (χ1v) is 6.54. The molecule has 0 aliphatic heterocycles. The Hall–Kier alpha value is -0.870. The first kappa shape index (κ1) is 11.6. The largest absolute Gasteiger partial charge is 0.319 e. The Balaban J connectivity index is 2.11. The maximum Gasteiger partial charge on any atom is 0.234 e. The van der Waals surface area contributed by atoms with Crippen molar-refractivity contribution in [2.24, 2.45) is 5.41 Å². The van der Waals surface area contributed by atoms with Crippen LogP contribution in [-0.2, 0) is 4.79 Å². The Bertz CT molecular complexity index is 357. The molecule has 0 aromatic carbocycles. The molecule has 1 amide bonds. The standard InChI is InChI=1S/C12H18N2OS/c1-13-9-12(6-4-7-12)11(15)14(2)10-5-3-8-16-10/h3,5,8,13H,4,6-7,9H2,1-2H3. The first-order valence-electron chi connectivity index (χ1n) is 5.66. The van der Waals surface area contributed by atoms with Gasteiger partial charge in [-0.05, 0) is 37.4 Å². The van der Waals surface area contributed by atoms with E-state index in [1.807, 2.05) is 31.6 Å². The van der Waals surface area contributed by atoms with Crippen molar-refractivity contribution in [3.8, 4) is 0 Å². The molecule has 1 aromatic heterocycles. The van der Waals surface area contributed by atoms with E-state index < -0.39 is 0 Å². The monoisotopic (exact) mass is 238 g/mol. The lowest BCUT2D eigenvalue weighted by molar-refractivity contribution is -0.132. The number of carbonyl (C=O) groups excluding carboxylic acids is 1. The topological polar surface area (TPSA) is 32.3 Å². The molecule has 16 heavy (non-hydrogen) atoms. The molecule has 0 atom stereocenters. The lowest BCUT2D eigenvalue weighted by Crippen LogP contribution is -2.51. The molecule has 1 aliphatic rings. The van der Waals surface area contributed by atoms with Crippen LogP contribution in [0.4, 0.5) is 5.00 Å². The van der Waals surface area contributed by atoms with E-state index >= 15 is 0 Å². The highest BCUT2D eigenvalue weighted by atomic mass is 32.1. The van der Waals surface area contributed by atoms with Gasteiger partial charge in [0.25, 0.3) is 0 Å². The summed E-state index contributed by atoms with van der Waals surface area (Å²) in [5.74, 6) is 0.260. The smallest absolute Gasteiger partial charge is 0.234 e. The van der Waals surface area contributed by atoms with Crippen molar-refractivity contribution in [2.45, 2.75) is 19.3 Å². The van der Waals surface area contributed by atoms with E-state index in [4.69, 9.17) is 0 Å². The normalized spacial score (nSPS) is 17.9. The Morgan fingerprint density at radius 1 is 1.62 bits per heavy atom. The zero-order valence-corrected chi connectivity index (χ0v) is 10.6. The third-order valence-corrected chi connectivity index (χ3v) is 4.37. The van der Waals surface area contributed by atoms with Gasteiger partial charge in [-0.2, -0.15) is 0 Å². The molecule has 1 N–H and O–H groups in total. The number of nitrogens with zero attached hydrogens (tertiary/aromatic N) is 1. The van der Waals surface area contributed by atoms with E-state index in [0.717, 1.165) is 24.4 Å². The molecule has 0 bridgehead atoms. The highest BCUT2D eigenvalue weighted by Gasteiger charge is 2.45. The molecule has 2 rings (SSSR count). The average molecular weight is 238 g/mol. The number of hydrogen-bond donors (Lipinski definition) is 1. The van der Waals surface area contributed by atoms with Gasteiger partial charge >= 0.3 is 0 Å². The molecule has 0 spiro atoms. The number of anilines is 1. The molecule has 88 valence electrons. The number of amides is 1. The maximum atomic E-state index is 12.4. The van der Waals surface area contributed by atoms with Crippen molar-refractivity contribution in [1.82, 2.24) is 5.32 Å². The van der Waals surface area contributed by atoms with Crippen LogP contribution in [0, 0.1) is 5.41 Å². The Labute approximate surface area is 100 Å². The fourth-order valence-electron chi connectivity index (χ4n) is 2.32. The Kier molecular flexibility index (Phi) is 3.30. The minimum absolute atomic E-state index is 0.145. The third kappa shape index (κ3) is 1.87. The number of rotatable bonds is 4. The summed E-state index contributed by atoms with van der Waals surface area (Å²) in [5.41, 5.74) is -0.145. The number of thiophene rings is 1. The van der Waals surface area contributed by atoms with Crippen molar-refractivity contribution < 1.29 is 4.79 Å². The fourth-order valence-corrected chi connectivity index (χ4v) is 3.02. The van der Waals surface area contributed by atoms with Gasteiger partial charge in [0.1, 0.15) is 0 Å². The summed E-state index contributed by atoms with van der Waals surface area (Å²) >= 11 is 1.61. The summed E-state index contributed by atoms with van der Waals surface area (Å²) < 4.78 is 0. The molecule has 0 saturated heterocycles. The predicted molar refractivity (Wildman–Crippen MR) is 67.9 cm³/mol. The minimum atomic E-state index is -0.145. The molecule has 4 heteroatoms. The van der Waals surface area contributed by atoms with Gasteiger partial charge in [0, 0.05) is 13.6 Å². The lowest BCUT2D eigenvalue weighted by atomic mass is 9.67. The van der Waals surface area contributed by atoms with Crippen LogP contribution in [0.3, 0.4) is 0 Å². The second-order valence-corrected chi connectivity index (χ2v) is 5.41. The van der Waals surface area contributed by atoms with Gasteiger partial charge in [-0.1, -0.05) is 6.42 Å². The number of nitrogens with one attached hydrogen (secondary N) is 1. The van der Waals surface area contributed by atoms with Crippen LogP contribution in [0.2, 0.25) is 0 Å². The molecule has 1 saturated carbocycles. The van der Waals surface area contributed by atoms with Crippen LogP contribution in [0.5, 0.6) is 0 Å². The van der Waals surface area contributed by atoms with Gasteiger partial charge in [0.15, 0.2) is 0 Å². The van der Waals surface area contributed by atoms with Gasteiger partial charge in [0.2, 0.25) is 5.91 Å². The molecule has 3 nitrogen and oxygen atoms in total. The quantitative estimate of drug-likeness (QED) is 0.871. The van der Waals surface area contributed by atoms with Gasteiger partial charge in [-0.15, -0.1) is 11.3 Å². The molecular formula is C12H18N2OS. The van der Waals surface area contributed by atoms with Crippen LogP contribution < -0.4 is 10.2 Å². The van der Waals surface area contributed by atoms with E-state index in [2.05, 4.69) is 5.32 Å². The van der Waals surface area contributed by atoms with Crippen molar-refractivity contribution in [1.29, 1.82) is 0 Å². The zero-order valence-electron chi connectivity index (χ0n) is 9.82. The van der Waals surface area contributed by atoms with E-state index in [-0.39, 0.29) is 11.3 Å². The van der Waals surface area contributed by atoms with Crippen molar-refractivity contribution >= 4 is 22.2 Å². The molecule has 0 radical (unpaired) electrons. The van der Waals surface area contributed by atoms with Crippen molar-refractivity contribution in [3.63, 3.8) is 0 Å². The van der Waals surface area contributed by atoms with E-state index in [1.54, 1.807) is 16.2 Å². The molecule has 1 fully saturated rings. The van der Waals surface area contributed by atoms with Gasteiger partial charge < -0.3 is 10.2 Å². The number of hydrogen-bond acceptors (Lipinski definition) is 3. The summed E-state index contributed by atoms with van der Waals surface area (Å²) in [4.78, 5) is 14.2. The lowest BCUT2D eigenvalue weighted by Gasteiger charge is -2.42. The van der Waals surface area contributed by atoms with Crippen molar-refractivity contribution in [2.75, 3.05) is 25.5 Å². The second-order valence-electron chi connectivity index (χ2n) is 4.48. The highest BCUT2D eigenvalue weighted by Crippen LogP contribution is 2.42. The van der Waals surface area contributed by atoms with E-state index in [0.29, 0.717) is 0 Å². The van der Waals surface area contributed by atoms with Crippen LogP contribution in [0.25, 0.3) is 0 Å². The van der Waals surface area contributed by atoms with Gasteiger partial charge in [-0.3, -0.25) is 4.79 Å². The van der Waals surface area contributed by atoms with Gasteiger partial charge in [-0.25, -0.2) is 0 Å². The molecule has 1 aliphatic carbocycles. The summed E-state index contributed by atoms with van der Waals surface area (Å²) in [7, 11) is 3.79. The first-order chi connectivity index (χ1) is 7.69. The number of carbonyl (C=O) groups is 1. The molecule has 1 heterocycles. The van der Waals surface area contributed by atoms with E-state index in [9.17, 15) is 4.79 Å².